The van der Waals surface area contributed by atoms with Crippen molar-refractivity contribution in [3.63, 3.8) is 0 Å². The summed E-state index contributed by atoms with van der Waals surface area (Å²) < 4.78 is 5.46. The SMILES string of the molecule is C=Cc1cccc(C(C(=O)NCCCCC)N(CCCCCCC)C(=O)C(NC(=O)OC(C)(C)C)C(C)C)c1. The highest BCUT2D eigenvalue weighted by Crippen LogP contribution is 2.26. The number of nitrogens with zero attached hydrogens (tertiary/aromatic N) is 1. The van der Waals surface area contributed by atoms with Gasteiger partial charge in [-0.15, -0.1) is 0 Å². The van der Waals surface area contributed by atoms with Crippen molar-refractivity contribution in [3.8, 4) is 0 Å². The fraction of sp³-hybridized carbons (Fsp3) is 0.656. The van der Waals surface area contributed by atoms with Crippen molar-refractivity contribution >= 4 is 24.0 Å². The molecule has 2 unspecified atom stereocenters. The van der Waals surface area contributed by atoms with Crippen molar-refractivity contribution in [2.75, 3.05) is 13.1 Å². The van der Waals surface area contributed by atoms with Crippen molar-refractivity contribution in [2.24, 2.45) is 5.92 Å². The average molecular weight is 544 g/mol. The molecule has 220 valence electrons. The molecule has 0 aliphatic rings. The standard InChI is InChI=1S/C32H53N3O4/c1-9-12-14-15-17-22-35(30(37)27(24(4)5)34-31(38)39-32(6,7)8)28(29(36)33-21-16-13-10-2)26-20-18-19-25(11-3)23-26/h11,18-20,23-24,27-28H,3,9-10,12-17,21-22H2,1-2,4-8H3,(H,33,36)(H,34,38). The van der Waals surface area contributed by atoms with E-state index in [4.69, 9.17) is 4.74 Å². The molecule has 1 rings (SSSR count). The Labute approximate surface area is 237 Å². The lowest BCUT2D eigenvalue weighted by molar-refractivity contribution is -0.143. The smallest absolute Gasteiger partial charge is 0.408 e. The predicted octanol–water partition coefficient (Wildman–Crippen LogP) is 7.03. The molecule has 0 heterocycles. The van der Waals surface area contributed by atoms with E-state index in [0.29, 0.717) is 13.1 Å². The third-order valence-electron chi connectivity index (χ3n) is 6.49. The maximum Gasteiger partial charge on any atom is 0.408 e. The van der Waals surface area contributed by atoms with Crippen LogP contribution in [0.5, 0.6) is 0 Å². The van der Waals surface area contributed by atoms with Crippen molar-refractivity contribution in [1.29, 1.82) is 0 Å². The summed E-state index contributed by atoms with van der Waals surface area (Å²) in [6.45, 7) is 18.2. The van der Waals surface area contributed by atoms with E-state index in [-0.39, 0.29) is 17.7 Å². The summed E-state index contributed by atoms with van der Waals surface area (Å²) >= 11 is 0. The summed E-state index contributed by atoms with van der Waals surface area (Å²) in [7, 11) is 0. The summed E-state index contributed by atoms with van der Waals surface area (Å²) in [5, 5.41) is 5.86. The molecule has 0 aromatic heterocycles. The number of carbonyl (C=O) groups is 3. The van der Waals surface area contributed by atoms with Gasteiger partial charge in [-0.2, -0.15) is 0 Å². The molecule has 0 radical (unpaired) electrons. The zero-order chi connectivity index (χ0) is 29.4. The molecule has 7 nitrogen and oxygen atoms in total. The fourth-order valence-electron chi connectivity index (χ4n) is 4.39. The lowest BCUT2D eigenvalue weighted by Crippen LogP contribution is -2.55. The molecule has 0 saturated carbocycles. The minimum atomic E-state index is -0.839. The summed E-state index contributed by atoms with van der Waals surface area (Å²) in [4.78, 5) is 42.3. The van der Waals surface area contributed by atoms with E-state index in [9.17, 15) is 14.4 Å². The van der Waals surface area contributed by atoms with Gasteiger partial charge in [-0.1, -0.05) is 97.1 Å². The monoisotopic (exact) mass is 543 g/mol. The first-order valence-electron chi connectivity index (χ1n) is 14.7. The summed E-state index contributed by atoms with van der Waals surface area (Å²) in [5.74, 6) is -0.710. The number of rotatable bonds is 17. The number of ether oxygens (including phenoxy) is 1. The van der Waals surface area contributed by atoms with Gasteiger partial charge < -0.3 is 20.3 Å². The van der Waals surface area contributed by atoms with Crippen molar-refractivity contribution in [1.82, 2.24) is 15.5 Å². The van der Waals surface area contributed by atoms with Gasteiger partial charge in [0.25, 0.3) is 0 Å². The van der Waals surface area contributed by atoms with Crippen LogP contribution in [0.1, 0.15) is 117 Å². The van der Waals surface area contributed by atoms with Crippen LogP contribution in [0.25, 0.3) is 6.08 Å². The molecule has 0 saturated heterocycles. The third-order valence-corrected chi connectivity index (χ3v) is 6.49. The van der Waals surface area contributed by atoms with E-state index < -0.39 is 23.8 Å². The summed E-state index contributed by atoms with van der Waals surface area (Å²) in [6, 6.07) is 5.93. The van der Waals surface area contributed by atoms with Crippen LogP contribution in [-0.4, -0.2) is 47.5 Å². The number of unbranched alkanes of at least 4 members (excludes halogenated alkanes) is 6. The maximum atomic E-state index is 14.2. The second-order valence-corrected chi connectivity index (χ2v) is 11.6. The first-order chi connectivity index (χ1) is 18.4. The lowest BCUT2D eigenvalue weighted by atomic mass is 9.97. The Morgan fingerprint density at radius 3 is 2.23 bits per heavy atom. The number of amides is 3. The van der Waals surface area contributed by atoms with Crippen molar-refractivity contribution < 1.29 is 19.1 Å². The minimum Gasteiger partial charge on any atom is -0.444 e. The molecule has 39 heavy (non-hydrogen) atoms. The van der Waals surface area contributed by atoms with E-state index in [1.807, 2.05) is 38.1 Å². The van der Waals surface area contributed by atoms with E-state index in [0.717, 1.165) is 62.5 Å². The van der Waals surface area contributed by atoms with Gasteiger partial charge in [0, 0.05) is 13.1 Å². The average Bonchev–Trinajstić information content (AvgIpc) is 2.87. The van der Waals surface area contributed by atoms with Gasteiger partial charge in [-0.25, -0.2) is 4.79 Å². The Balaban J connectivity index is 3.44. The Morgan fingerprint density at radius 1 is 1.00 bits per heavy atom. The summed E-state index contributed by atoms with van der Waals surface area (Å²) in [5.41, 5.74) is 0.903. The molecule has 0 aliphatic heterocycles. The molecule has 0 fully saturated rings. The molecule has 7 heteroatoms. The van der Waals surface area contributed by atoms with Crippen LogP contribution < -0.4 is 10.6 Å². The fourth-order valence-corrected chi connectivity index (χ4v) is 4.39. The van der Waals surface area contributed by atoms with Crippen LogP contribution >= 0.6 is 0 Å². The molecule has 3 amide bonds. The number of nitrogens with one attached hydrogen (secondary N) is 2. The van der Waals surface area contributed by atoms with Crippen LogP contribution in [0.4, 0.5) is 4.79 Å². The zero-order valence-corrected chi connectivity index (χ0v) is 25.5. The minimum absolute atomic E-state index is 0.208. The molecule has 0 bridgehead atoms. The van der Waals surface area contributed by atoms with Gasteiger partial charge in [0.05, 0.1) is 0 Å². The van der Waals surface area contributed by atoms with Gasteiger partial charge in [-0.05, 0) is 56.7 Å². The molecule has 2 atom stereocenters. The number of benzene rings is 1. The molecule has 0 spiro atoms. The number of hydrogen-bond donors (Lipinski definition) is 2. The second kappa shape index (κ2) is 17.7. The van der Waals surface area contributed by atoms with Crippen molar-refractivity contribution in [3.05, 3.63) is 42.0 Å². The molecule has 0 aliphatic carbocycles. The van der Waals surface area contributed by atoms with E-state index in [2.05, 4.69) is 31.1 Å². The number of carbonyl (C=O) groups excluding carboxylic acids is 3. The Bertz CT molecular complexity index is 907. The van der Waals surface area contributed by atoms with Crippen LogP contribution in [0.15, 0.2) is 30.8 Å². The second-order valence-electron chi connectivity index (χ2n) is 11.6. The molecular formula is C32H53N3O4. The van der Waals surface area contributed by atoms with Crippen molar-refractivity contribution in [2.45, 2.75) is 118 Å². The highest BCUT2D eigenvalue weighted by Gasteiger charge is 2.37. The molecule has 2 N–H and O–H groups in total. The summed E-state index contributed by atoms with van der Waals surface area (Å²) in [6.07, 6.45) is 9.08. The normalized spacial score (nSPS) is 12.9. The van der Waals surface area contributed by atoms with Crippen LogP contribution in [0, 0.1) is 5.92 Å². The maximum absolute atomic E-state index is 14.2. The Morgan fingerprint density at radius 2 is 1.64 bits per heavy atom. The van der Waals surface area contributed by atoms with Crippen LogP contribution in [-0.2, 0) is 14.3 Å². The highest BCUT2D eigenvalue weighted by molar-refractivity contribution is 5.92. The highest BCUT2D eigenvalue weighted by atomic mass is 16.6. The molecule has 1 aromatic rings. The van der Waals surface area contributed by atoms with Gasteiger partial charge in [0.2, 0.25) is 11.8 Å². The Kier molecular flexibility index (Phi) is 15.5. The van der Waals surface area contributed by atoms with Crippen LogP contribution in [0.3, 0.4) is 0 Å². The topological polar surface area (TPSA) is 87.7 Å². The van der Waals surface area contributed by atoms with Gasteiger partial charge in [-0.3, -0.25) is 9.59 Å². The van der Waals surface area contributed by atoms with Gasteiger partial charge in [0.1, 0.15) is 17.7 Å². The molecular weight excluding hydrogens is 490 g/mol. The van der Waals surface area contributed by atoms with E-state index >= 15 is 0 Å². The third kappa shape index (κ3) is 12.7. The molecule has 1 aromatic carbocycles. The lowest BCUT2D eigenvalue weighted by Gasteiger charge is -2.36. The zero-order valence-electron chi connectivity index (χ0n) is 25.5. The van der Waals surface area contributed by atoms with E-state index in [1.54, 1.807) is 31.7 Å². The quantitative estimate of drug-likeness (QED) is 0.207. The van der Waals surface area contributed by atoms with Crippen LogP contribution in [0.2, 0.25) is 0 Å². The largest absolute Gasteiger partial charge is 0.444 e. The first kappa shape index (κ1) is 34.2. The first-order valence-corrected chi connectivity index (χ1v) is 14.7. The number of hydrogen-bond acceptors (Lipinski definition) is 4. The van der Waals surface area contributed by atoms with Gasteiger partial charge in [0.15, 0.2) is 0 Å². The number of alkyl carbamates (subject to hydrolysis) is 1. The predicted molar refractivity (Wildman–Crippen MR) is 160 cm³/mol. The Hall–Kier alpha value is -2.83. The van der Waals surface area contributed by atoms with Gasteiger partial charge >= 0.3 is 6.09 Å². The van der Waals surface area contributed by atoms with E-state index in [1.165, 1.54) is 0 Å².